The quantitative estimate of drug-likeness (QED) is 0.566. The summed E-state index contributed by atoms with van der Waals surface area (Å²) in [7, 11) is 0. The number of ketones is 1. The molecule has 0 saturated carbocycles. The number of rotatable bonds is 3. The standard InChI is InChI=1S/C18H16N2O/c1-2-3-11-20-17-12-7-4-5-8-13(12)18(21)14-9-6-10-15(19-20)16(14)17/h4-10H,2-3,11H2,1H3. The predicted molar refractivity (Wildman–Crippen MR) is 83.5 cm³/mol. The van der Waals surface area contributed by atoms with Crippen LogP contribution in [0.2, 0.25) is 0 Å². The van der Waals surface area contributed by atoms with Gasteiger partial charge in [-0.15, -0.1) is 0 Å². The summed E-state index contributed by atoms with van der Waals surface area (Å²) in [6, 6.07) is 13.7. The third kappa shape index (κ3) is 1.67. The predicted octanol–water partition coefficient (Wildman–Crippen LogP) is 4.05. The number of aryl methyl sites for hydroxylation is 1. The van der Waals surface area contributed by atoms with E-state index in [-0.39, 0.29) is 5.78 Å². The zero-order valence-electron chi connectivity index (χ0n) is 12.0. The number of aromatic nitrogens is 2. The van der Waals surface area contributed by atoms with Gasteiger partial charge in [0.1, 0.15) is 0 Å². The molecule has 1 heterocycles. The lowest BCUT2D eigenvalue weighted by Crippen LogP contribution is -2.11. The van der Waals surface area contributed by atoms with Crippen molar-refractivity contribution >= 4 is 16.7 Å². The van der Waals surface area contributed by atoms with Gasteiger partial charge >= 0.3 is 0 Å². The van der Waals surface area contributed by atoms with Gasteiger partial charge in [-0.1, -0.05) is 49.7 Å². The third-order valence-electron chi connectivity index (χ3n) is 4.16. The molecule has 0 bridgehead atoms. The highest BCUT2D eigenvalue weighted by atomic mass is 16.1. The normalized spacial score (nSPS) is 12.7. The number of nitrogens with zero attached hydrogens (tertiary/aromatic N) is 2. The molecule has 21 heavy (non-hydrogen) atoms. The maximum atomic E-state index is 12.7. The van der Waals surface area contributed by atoms with Crippen molar-refractivity contribution < 1.29 is 4.79 Å². The van der Waals surface area contributed by atoms with Crippen LogP contribution >= 0.6 is 0 Å². The van der Waals surface area contributed by atoms with E-state index in [1.54, 1.807) is 0 Å². The van der Waals surface area contributed by atoms with Crippen LogP contribution in [-0.2, 0) is 6.54 Å². The molecule has 4 rings (SSSR count). The molecule has 3 heteroatoms. The van der Waals surface area contributed by atoms with Gasteiger partial charge in [-0.05, 0) is 12.5 Å². The minimum absolute atomic E-state index is 0.110. The second-order valence-corrected chi connectivity index (χ2v) is 5.50. The summed E-state index contributed by atoms with van der Waals surface area (Å²) in [5.74, 6) is 0.110. The number of fused-ring (bicyclic) bond motifs is 2. The molecule has 3 nitrogen and oxygen atoms in total. The van der Waals surface area contributed by atoms with E-state index in [1.165, 1.54) is 0 Å². The summed E-state index contributed by atoms with van der Waals surface area (Å²) in [5, 5.41) is 5.73. The average Bonchev–Trinajstić information content (AvgIpc) is 2.90. The molecule has 0 fully saturated rings. The lowest BCUT2D eigenvalue weighted by molar-refractivity contribution is 0.104. The van der Waals surface area contributed by atoms with Crippen LogP contribution in [0.3, 0.4) is 0 Å². The fourth-order valence-corrected chi connectivity index (χ4v) is 3.15. The van der Waals surface area contributed by atoms with Gasteiger partial charge in [0, 0.05) is 28.6 Å². The molecule has 2 aromatic carbocycles. The van der Waals surface area contributed by atoms with Crippen LogP contribution in [0.15, 0.2) is 42.5 Å². The Morgan fingerprint density at radius 1 is 1.00 bits per heavy atom. The number of carbonyl (C=O) groups excluding carboxylic acids is 1. The number of hydrogen-bond donors (Lipinski definition) is 0. The molecule has 0 N–H and O–H groups in total. The van der Waals surface area contributed by atoms with Crippen molar-refractivity contribution in [1.82, 2.24) is 9.78 Å². The van der Waals surface area contributed by atoms with Crippen LogP contribution < -0.4 is 0 Å². The first kappa shape index (κ1) is 12.3. The summed E-state index contributed by atoms with van der Waals surface area (Å²) in [4.78, 5) is 12.7. The molecule has 1 aliphatic carbocycles. The van der Waals surface area contributed by atoms with Gasteiger partial charge in [0.05, 0.1) is 11.2 Å². The molecule has 1 aromatic heterocycles. The SMILES string of the molecule is CCCCn1nc2cccc3c2c1-c1ccccc1C3=O. The Bertz CT molecular complexity index is 861. The second-order valence-electron chi connectivity index (χ2n) is 5.50. The maximum absolute atomic E-state index is 12.7. The molecule has 0 amide bonds. The maximum Gasteiger partial charge on any atom is 0.194 e. The van der Waals surface area contributed by atoms with E-state index in [0.717, 1.165) is 52.7 Å². The lowest BCUT2D eigenvalue weighted by Gasteiger charge is -2.17. The van der Waals surface area contributed by atoms with E-state index in [2.05, 4.69) is 11.6 Å². The minimum Gasteiger partial charge on any atom is -0.289 e. The van der Waals surface area contributed by atoms with E-state index in [4.69, 9.17) is 5.10 Å². The van der Waals surface area contributed by atoms with Crippen molar-refractivity contribution in [1.29, 1.82) is 0 Å². The Morgan fingerprint density at radius 2 is 1.76 bits per heavy atom. The van der Waals surface area contributed by atoms with Crippen molar-refractivity contribution in [3.8, 4) is 11.3 Å². The van der Waals surface area contributed by atoms with E-state index < -0.39 is 0 Å². The van der Waals surface area contributed by atoms with E-state index in [1.807, 2.05) is 42.5 Å². The number of carbonyl (C=O) groups is 1. The average molecular weight is 276 g/mol. The largest absolute Gasteiger partial charge is 0.289 e. The van der Waals surface area contributed by atoms with Crippen LogP contribution in [0.25, 0.3) is 22.2 Å². The Hall–Kier alpha value is -2.42. The van der Waals surface area contributed by atoms with Crippen LogP contribution in [0.5, 0.6) is 0 Å². The van der Waals surface area contributed by atoms with Crippen molar-refractivity contribution in [3.63, 3.8) is 0 Å². The van der Waals surface area contributed by atoms with Crippen molar-refractivity contribution in [2.24, 2.45) is 0 Å². The van der Waals surface area contributed by atoms with Gasteiger partial charge in [-0.25, -0.2) is 0 Å². The van der Waals surface area contributed by atoms with Crippen molar-refractivity contribution in [3.05, 3.63) is 53.6 Å². The molecular formula is C18H16N2O. The molecule has 0 radical (unpaired) electrons. The molecule has 0 unspecified atom stereocenters. The van der Waals surface area contributed by atoms with Gasteiger partial charge in [0.15, 0.2) is 5.78 Å². The minimum atomic E-state index is 0.110. The van der Waals surface area contributed by atoms with Crippen LogP contribution in [0, 0.1) is 0 Å². The van der Waals surface area contributed by atoms with Gasteiger partial charge in [0.2, 0.25) is 0 Å². The van der Waals surface area contributed by atoms with E-state index in [9.17, 15) is 4.79 Å². The smallest absolute Gasteiger partial charge is 0.194 e. The Morgan fingerprint density at radius 3 is 2.57 bits per heavy atom. The summed E-state index contributed by atoms with van der Waals surface area (Å²) in [6.45, 7) is 3.07. The van der Waals surface area contributed by atoms with E-state index in [0.29, 0.717) is 0 Å². The molecule has 0 saturated heterocycles. The fraction of sp³-hybridized carbons (Fsp3) is 0.222. The Kier molecular flexibility index (Phi) is 2.67. The molecular weight excluding hydrogens is 260 g/mol. The lowest BCUT2D eigenvalue weighted by atomic mass is 9.87. The van der Waals surface area contributed by atoms with Crippen LogP contribution in [0.1, 0.15) is 35.7 Å². The first-order valence-electron chi connectivity index (χ1n) is 7.45. The highest BCUT2D eigenvalue weighted by Gasteiger charge is 2.28. The van der Waals surface area contributed by atoms with Crippen molar-refractivity contribution in [2.45, 2.75) is 26.3 Å². The highest BCUT2D eigenvalue weighted by Crippen LogP contribution is 2.39. The fourth-order valence-electron chi connectivity index (χ4n) is 3.15. The van der Waals surface area contributed by atoms with Crippen molar-refractivity contribution in [2.75, 3.05) is 0 Å². The Balaban J connectivity index is 2.09. The zero-order valence-corrected chi connectivity index (χ0v) is 12.0. The van der Waals surface area contributed by atoms with Gasteiger partial charge < -0.3 is 0 Å². The molecule has 3 aromatic rings. The summed E-state index contributed by atoms with van der Waals surface area (Å²) < 4.78 is 2.07. The zero-order chi connectivity index (χ0) is 14.4. The molecule has 0 atom stereocenters. The molecule has 1 aliphatic rings. The van der Waals surface area contributed by atoms with Gasteiger partial charge in [-0.2, -0.15) is 5.10 Å². The topological polar surface area (TPSA) is 34.9 Å². The summed E-state index contributed by atoms with van der Waals surface area (Å²) in [5.41, 5.74) is 4.60. The second kappa shape index (κ2) is 4.55. The van der Waals surface area contributed by atoms with Gasteiger partial charge in [-0.3, -0.25) is 9.48 Å². The Labute approximate surface area is 123 Å². The van der Waals surface area contributed by atoms with Crippen LogP contribution in [-0.4, -0.2) is 15.6 Å². The van der Waals surface area contributed by atoms with Crippen LogP contribution in [0.4, 0.5) is 0 Å². The number of benzene rings is 2. The monoisotopic (exact) mass is 276 g/mol. The first-order chi connectivity index (χ1) is 10.3. The third-order valence-corrected chi connectivity index (χ3v) is 4.16. The van der Waals surface area contributed by atoms with Gasteiger partial charge in [0.25, 0.3) is 0 Å². The summed E-state index contributed by atoms with van der Waals surface area (Å²) >= 11 is 0. The molecule has 104 valence electrons. The summed E-state index contributed by atoms with van der Waals surface area (Å²) in [6.07, 6.45) is 2.22. The molecule has 0 spiro atoms. The number of unbranched alkanes of at least 4 members (excludes halogenated alkanes) is 1. The number of hydrogen-bond acceptors (Lipinski definition) is 2. The van der Waals surface area contributed by atoms with E-state index >= 15 is 0 Å². The first-order valence-corrected chi connectivity index (χ1v) is 7.45. The highest BCUT2D eigenvalue weighted by molar-refractivity contribution is 6.25. The molecule has 0 aliphatic heterocycles.